The maximum Gasteiger partial charge on any atom is 0.150 e. The van der Waals surface area contributed by atoms with E-state index in [1.165, 1.54) is 32.1 Å². The van der Waals surface area contributed by atoms with Crippen LogP contribution in [0.5, 0.6) is 5.75 Å². The van der Waals surface area contributed by atoms with Crippen LogP contribution in [0.3, 0.4) is 0 Å². The summed E-state index contributed by atoms with van der Waals surface area (Å²) in [5, 5.41) is 0. The zero-order chi connectivity index (χ0) is 17.2. The molecule has 128 valence electrons. The van der Waals surface area contributed by atoms with E-state index in [1.807, 2.05) is 37.3 Å². The third kappa shape index (κ3) is 5.23. The molecular formula is C22H28O2. The van der Waals surface area contributed by atoms with Crippen molar-refractivity contribution < 1.29 is 9.53 Å². The fourth-order valence-corrected chi connectivity index (χ4v) is 2.95. The first-order valence-electron chi connectivity index (χ1n) is 9.04. The zero-order valence-electron chi connectivity index (χ0n) is 14.9. The van der Waals surface area contributed by atoms with Crippen molar-refractivity contribution in [3.8, 4) is 16.9 Å². The van der Waals surface area contributed by atoms with Gasteiger partial charge in [-0.15, -0.1) is 0 Å². The summed E-state index contributed by atoms with van der Waals surface area (Å²) >= 11 is 0. The summed E-state index contributed by atoms with van der Waals surface area (Å²) < 4.78 is 6.11. The van der Waals surface area contributed by atoms with Gasteiger partial charge in [-0.05, 0) is 36.6 Å². The van der Waals surface area contributed by atoms with Crippen LogP contribution in [-0.4, -0.2) is 12.9 Å². The van der Waals surface area contributed by atoms with Crippen molar-refractivity contribution in [2.45, 2.75) is 52.4 Å². The van der Waals surface area contributed by atoms with Crippen LogP contribution in [0.2, 0.25) is 0 Å². The number of hydrogen-bond donors (Lipinski definition) is 0. The van der Waals surface area contributed by atoms with Crippen molar-refractivity contribution in [1.82, 2.24) is 0 Å². The van der Waals surface area contributed by atoms with Crippen LogP contribution < -0.4 is 4.74 Å². The van der Waals surface area contributed by atoms with E-state index in [0.717, 1.165) is 41.8 Å². The van der Waals surface area contributed by atoms with E-state index >= 15 is 0 Å². The Hall–Kier alpha value is -2.09. The number of rotatable bonds is 10. The predicted molar refractivity (Wildman–Crippen MR) is 101 cm³/mol. The summed E-state index contributed by atoms with van der Waals surface area (Å²) in [6.07, 6.45) is 8.39. The second kappa shape index (κ2) is 9.92. The van der Waals surface area contributed by atoms with E-state index in [9.17, 15) is 4.79 Å². The molecule has 0 aliphatic carbocycles. The molecule has 0 atom stereocenters. The van der Waals surface area contributed by atoms with Gasteiger partial charge in [0.1, 0.15) is 12.0 Å². The Morgan fingerprint density at radius 2 is 1.67 bits per heavy atom. The Labute approximate surface area is 145 Å². The molecule has 0 saturated carbocycles. The Morgan fingerprint density at radius 3 is 2.38 bits per heavy atom. The van der Waals surface area contributed by atoms with Crippen LogP contribution in [0.4, 0.5) is 0 Å². The van der Waals surface area contributed by atoms with Gasteiger partial charge in [0.05, 0.1) is 6.61 Å². The van der Waals surface area contributed by atoms with Gasteiger partial charge >= 0.3 is 0 Å². The molecule has 0 saturated heterocycles. The standard InChI is InChI=1S/C22H28O2/c1-3-4-5-6-7-11-14-24-22-18(2)15-19(17-23)16-21(22)20-12-9-8-10-13-20/h8-10,12-13,15-17H,3-7,11,14H2,1-2H3. The SMILES string of the molecule is CCCCCCCCOc1c(C)cc(C=O)cc1-c1ccccc1. The number of aldehydes is 1. The smallest absolute Gasteiger partial charge is 0.150 e. The Morgan fingerprint density at radius 1 is 0.958 bits per heavy atom. The average Bonchev–Trinajstić information content (AvgIpc) is 2.62. The van der Waals surface area contributed by atoms with Crippen LogP contribution in [0.25, 0.3) is 11.1 Å². The summed E-state index contributed by atoms with van der Waals surface area (Å²) in [7, 11) is 0. The van der Waals surface area contributed by atoms with Gasteiger partial charge in [0, 0.05) is 11.1 Å². The summed E-state index contributed by atoms with van der Waals surface area (Å²) in [4.78, 5) is 11.2. The zero-order valence-corrected chi connectivity index (χ0v) is 14.9. The molecule has 2 aromatic rings. The molecular weight excluding hydrogens is 296 g/mol. The molecule has 0 heterocycles. The van der Waals surface area contributed by atoms with Gasteiger partial charge < -0.3 is 4.74 Å². The number of ether oxygens (including phenoxy) is 1. The topological polar surface area (TPSA) is 26.3 Å². The van der Waals surface area contributed by atoms with Crippen LogP contribution in [-0.2, 0) is 0 Å². The largest absolute Gasteiger partial charge is 0.493 e. The summed E-state index contributed by atoms with van der Waals surface area (Å²) in [5.41, 5.74) is 3.80. The molecule has 2 heteroatoms. The summed E-state index contributed by atoms with van der Waals surface area (Å²) in [6.45, 7) is 4.98. The van der Waals surface area contributed by atoms with Crippen LogP contribution in [0.15, 0.2) is 42.5 Å². The number of carbonyl (C=O) groups excluding carboxylic acids is 1. The molecule has 24 heavy (non-hydrogen) atoms. The van der Waals surface area contributed by atoms with Gasteiger partial charge in [0.25, 0.3) is 0 Å². The summed E-state index contributed by atoms with van der Waals surface area (Å²) in [5.74, 6) is 0.903. The molecule has 0 aromatic heterocycles. The molecule has 2 rings (SSSR count). The van der Waals surface area contributed by atoms with Crippen molar-refractivity contribution in [1.29, 1.82) is 0 Å². The minimum atomic E-state index is 0.693. The number of benzene rings is 2. The van der Waals surface area contributed by atoms with E-state index in [4.69, 9.17) is 4.74 Å². The van der Waals surface area contributed by atoms with Gasteiger partial charge in [-0.2, -0.15) is 0 Å². The van der Waals surface area contributed by atoms with E-state index in [0.29, 0.717) is 5.56 Å². The third-order valence-corrected chi connectivity index (χ3v) is 4.26. The lowest BCUT2D eigenvalue weighted by Gasteiger charge is -2.15. The third-order valence-electron chi connectivity index (χ3n) is 4.26. The molecule has 0 fully saturated rings. The lowest BCUT2D eigenvalue weighted by molar-refractivity contribution is 0.112. The Balaban J connectivity index is 2.07. The number of unbranched alkanes of at least 4 members (excludes halogenated alkanes) is 5. The minimum Gasteiger partial charge on any atom is -0.493 e. The van der Waals surface area contributed by atoms with Crippen LogP contribution in [0, 0.1) is 6.92 Å². The molecule has 0 N–H and O–H groups in total. The first-order valence-corrected chi connectivity index (χ1v) is 9.04. The minimum absolute atomic E-state index is 0.693. The molecule has 0 aliphatic heterocycles. The molecule has 2 nitrogen and oxygen atoms in total. The molecule has 0 unspecified atom stereocenters. The lowest BCUT2D eigenvalue weighted by atomic mass is 9.99. The highest BCUT2D eigenvalue weighted by Crippen LogP contribution is 2.34. The van der Waals surface area contributed by atoms with E-state index in [-0.39, 0.29) is 0 Å². The molecule has 0 amide bonds. The number of aryl methyl sites for hydroxylation is 1. The van der Waals surface area contributed by atoms with E-state index in [1.54, 1.807) is 0 Å². The molecule has 2 aromatic carbocycles. The quantitative estimate of drug-likeness (QED) is 0.383. The first-order chi connectivity index (χ1) is 11.8. The fourth-order valence-electron chi connectivity index (χ4n) is 2.95. The lowest BCUT2D eigenvalue weighted by Crippen LogP contribution is -2.02. The van der Waals surface area contributed by atoms with Gasteiger partial charge in [-0.1, -0.05) is 69.4 Å². The summed E-state index contributed by atoms with van der Waals surface area (Å²) in [6, 6.07) is 14.0. The van der Waals surface area contributed by atoms with Gasteiger partial charge in [0.15, 0.2) is 0 Å². The maximum absolute atomic E-state index is 11.2. The van der Waals surface area contributed by atoms with Crippen molar-refractivity contribution in [2.24, 2.45) is 0 Å². The number of carbonyl (C=O) groups is 1. The van der Waals surface area contributed by atoms with Gasteiger partial charge in [-0.25, -0.2) is 0 Å². The van der Waals surface area contributed by atoms with Crippen LogP contribution in [0.1, 0.15) is 61.4 Å². The Bertz CT molecular complexity index is 632. The van der Waals surface area contributed by atoms with Crippen LogP contribution >= 0.6 is 0 Å². The van der Waals surface area contributed by atoms with Gasteiger partial charge in [-0.3, -0.25) is 4.79 Å². The monoisotopic (exact) mass is 324 g/mol. The highest BCUT2D eigenvalue weighted by Gasteiger charge is 2.11. The molecule has 0 spiro atoms. The molecule has 0 radical (unpaired) electrons. The number of hydrogen-bond acceptors (Lipinski definition) is 2. The van der Waals surface area contributed by atoms with Crippen molar-refractivity contribution in [3.63, 3.8) is 0 Å². The highest BCUT2D eigenvalue weighted by molar-refractivity contribution is 5.82. The Kier molecular flexibility index (Phi) is 7.54. The molecule has 0 bridgehead atoms. The fraction of sp³-hybridized carbons (Fsp3) is 0.409. The predicted octanol–water partition coefficient (Wildman–Crippen LogP) is 6.21. The highest BCUT2D eigenvalue weighted by atomic mass is 16.5. The average molecular weight is 324 g/mol. The molecule has 0 aliphatic rings. The van der Waals surface area contributed by atoms with Crippen molar-refractivity contribution >= 4 is 6.29 Å². The normalized spacial score (nSPS) is 10.6. The first kappa shape index (κ1) is 18.3. The van der Waals surface area contributed by atoms with Crippen molar-refractivity contribution in [3.05, 3.63) is 53.6 Å². The maximum atomic E-state index is 11.2. The second-order valence-electron chi connectivity index (χ2n) is 6.31. The van der Waals surface area contributed by atoms with E-state index < -0.39 is 0 Å². The second-order valence-corrected chi connectivity index (χ2v) is 6.31. The van der Waals surface area contributed by atoms with E-state index in [2.05, 4.69) is 19.1 Å². The van der Waals surface area contributed by atoms with Crippen molar-refractivity contribution in [2.75, 3.05) is 6.61 Å². The van der Waals surface area contributed by atoms with Gasteiger partial charge in [0.2, 0.25) is 0 Å².